The number of carbonyl (C=O) groups is 2. The first-order chi connectivity index (χ1) is 15.1. The highest BCUT2D eigenvalue weighted by atomic mass is 19.1. The van der Waals surface area contributed by atoms with Crippen LogP contribution in [0, 0.1) is 11.7 Å². The average Bonchev–Trinajstić information content (AvgIpc) is 2.83. The zero-order chi connectivity index (χ0) is 22.5. The Hall–Kier alpha value is -3.15. The van der Waals surface area contributed by atoms with Crippen LogP contribution < -0.4 is 16.0 Å². The minimum atomic E-state index is -0.299. The van der Waals surface area contributed by atoms with Crippen LogP contribution >= 0.6 is 0 Å². The SMILES string of the molecule is CC.O=C(NCc1ccc(F)cc1)NCc1ccc(CNC(=O)[C@H]2C=CCCC2)cc1. The summed E-state index contributed by atoms with van der Waals surface area (Å²) in [4.78, 5) is 24.1. The number of carbonyl (C=O) groups excluding carboxylic acids is 2. The van der Waals surface area contributed by atoms with Gasteiger partial charge in [-0.2, -0.15) is 0 Å². The van der Waals surface area contributed by atoms with E-state index >= 15 is 0 Å². The molecular formula is C25H32FN3O2. The van der Waals surface area contributed by atoms with Crippen LogP contribution in [0.5, 0.6) is 0 Å². The molecule has 1 aliphatic carbocycles. The molecule has 6 heteroatoms. The smallest absolute Gasteiger partial charge is 0.315 e. The van der Waals surface area contributed by atoms with Crippen molar-refractivity contribution >= 4 is 11.9 Å². The maximum atomic E-state index is 12.9. The van der Waals surface area contributed by atoms with Gasteiger partial charge in [0.05, 0.1) is 5.92 Å². The molecule has 0 aromatic heterocycles. The van der Waals surface area contributed by atoms with Crippen LogP contribution in [0.2, 0.25) is 0 Å². The van der Waals surface area contributed by atoms with E-state index in [9.17, 15) is 14.0 Å². The molecule has 3 amide bonds. The molecule has 0 unspecified atom stereocenters. The van der Waals surface area contributed by atoms with Gasteiger partial charge < -0.3 is 16.0 Å². The summed E-state index contributed by atoms with van der Waals surface area (Å²) in [6.45, 7) is 5.23. The minimum absolute atomic E-state index is 0.0133. The monoisotopic (exact) mass is 425 g/mol. The Morgan fingerprint density at radius 1 is 0.839 bits per heavy atom. The van der Waals surface area contributed by atoms with Crippen LogP contribution in [0.1, 0.15) is 49.8 Å². The van der Waals surface area contributed by atoms with Crippen molar-refractivity contribution in [1.29, 1.82) is 0 Å². The fraction of sp³-hybridized carbons (Fsp3) is 0.360. The molecule has 0 bridgehead atoms. The molecule has 2 aromatic rings. The Balaban J connectivity index is 0.00000166. The predicted octanol–water partition coefficient (Wildman–Crippen LogP) is 4.82. The number of amides is 3. The third-order valence-corrected chi connectivity index (χ3v) is 4.90. The second kappa shape index (κ2) is 13.2. The summed E-state index contributed by atoms with van der Waals surface area (Å²) in [6, 6.07) is 13.5. The van der Waals surface area contributed by atoms with Gasteiger partial charge in [0.15, 0.2) is 0 Å². The lowest BCUT2D eigenvalue weighted by atomic mass is 9.95. The van der Waals surface area contributed by atoms with Crippen molar-refractivity contribution in [2.45, 2.75) is 52.7 Å². The van der Waals surface area contributed by atoms with Crippen LogP contribution in [0.25, 0.3) is 0 Å². The van der Waals surface area contributed by atoms with Crippen molar-refractivity contribution in [3.8, 4) is 0 Å². The van der Waals surface area contributed by atoms with Crippen LogP contribution in [-0.2, 0) is 24.4 Å². The topological polar surface area (TPSA) is 70.2 Å². The summed E-state index contributed by atoms with van der Waals surface area (Å²) >= 11 is 0. The quantitative estimate of drug-likeness (QED) is 0.557. The van der Waals surface area contributed by atoms with Crippen LogP contribution in [0.15, 0.2) is 60.7 Å². The second-order valence-corrected chi connectivity index (χ2v) is 7.16. The van der Waals surface area contributed by atoms with Gasteiger partial charge in [-0.25, -0.2) is 9.18 Å². The number of benzene rings is 2. The maximum Gasteiger partial charge on any atom is 0.315 e. The van der Waals surface area contributed by atoms with Crippen LogP contribution in [0.4, 0.5) is 9.18 Å². The lowest BCUT2D eigenvalue weighted by molar-refractivity contribution is -0.124. The molecule has 3 N–H and O–H groups in total. The van der Waals surface area contributed by atoms with E-state index in [1.807, 2.05) is 44.2 Å². The molecule has 0 aliphatic heterocycles. The third-order valence-electron chi connectivity index (χ3n) is 4.90. The number of rotatable bonds is 7. The summed E-state index contributed by atoms with van der Waals surface area (Å²) in [6.07, 6.45) is 7.10. The van der Waals surface area contributed by atoms with Crippen molar-refractivity contribution in [3.63, 3.8) is 0 Å². The summed E-state index contributed by atoms with van der Waals surface area (Å²) in [5.41, 5.74) is 2.81. The van der Waals surface area contributed by atoms with E-state index in [0.717, 1.165) is 36.0 Å². The Labute approximate surface area is 184 Å². The molecule has 166 valence electrons. The van der Waals surface area contributed by atoms with Gasteiger partial charge in [-0.15, -0.1) is 0 Å². The van der Waals surface area contributed by atoms with E-state index in [4.69, 9.17) is 0 Å². The molecule has 0 saturated heterocycles. The summed E-state index contributed by atoms with van der Waals surface area (Å²) in [5, 5.41) is 8.51. The predicted molar refractivity (Wildman–Crippen MR) is 122 cm³/mol. The first-order valence-electron chi connectivity index (χ1n) is 10.9. The van der Waals surface area contributed by atoms with Gasteiger partial charge in [0.1, 0.15) is 5.82 Å². The molecule has 1 atom stereocenters. The molecule has 5 nitrogen and oxygen atoms in total. The van der Waals surface area contributed by atoms with Gasteiger partial charge >= 0.3 is 6.03 Å². The Kier molecular flexibility index (Phi) is 10.3. The van der Waals surface area contributed by atoms with E-state index in [-0.39, 0.29) is 23.7 Å². The molecule has 3 rings (SSSR count). The van der Waals surface area contributed by atoms with Crippen LogP contribution in [-0.4, -0.2) is 11.9 Å². The van der Waals surface area contributed by atoms with Gasteiger partial charge in [-0.3, -0.25) is 4.79 Å². The molecule has 31 heavy (non-hydrogen) atoms. The number of halogens is 1. The number of nitrogens with one attached hydrogen (secondary N) is 3. The van der Waals surface area contributed by atoms with Crippen molar-refractivity contribution < 1.29 is 14.0 Å². The fourth-order valence-corrected chi connectivity index (χ4v) is 3.16. The van der Waals surface area contributed by atoms with Gasteiger partial charge in [0, 0.05) is 19.6 Å². The van der Waals surface area contributed by atoms with Gasteiger partial charge in [0.25, 0.3) is 0 Å². The fourth-order valence-electron chi connectivity index (χ4n) is 3.16. The van der Waals surface area contributed by atoms with Crippen LogP contribution in [0.3, 0.4) is 0 Å². The van der Waals surface area contributed by atoms with Crippen molar-refractivity contribution in [2.24, 2.45) is 5.92 Å². The van der Waals surface area contributed by atoms with Crippen molar-refractivity contribution in [3.05, 3.63) is 83.2 Å². The Bertz CT molecular complexity index is 848. The highest BCUT2D eigenvalue weighted by Gasteiger charge is 2.16. The number of hydrogen-bond acceptors (Lipinski definition) is 2. The molecule has 0 spiro atoms. The average molecular weight is 426 g/mol. The highest BCUT2D eigenvalue weighted by molar-refractivity contribution is 5.80. The molecule has 2 aromatic carbocycles. The summed E-state index contributed by atoms with van der Waals surface area (Å²) in [5.74, 6) is -0.239. The van der Waals surface area contributed by atoms with Crippen molar-refractivity contribution in [1.82, 2.24) is 16.0 Å². The Morgan fingerprint density at radius 3 is 1.81 bits per heavy atom. The van der Waals surface area contributed by atoms with E-state index in [1.54, 1.807) is 12.1 Å². The van der Waals surface area contributed by atoms with E-state index in [0.29, 0.717) is 19.6 Å². The first-order valence-corrected chi connectivity index (χ1v) is 10.9. The Morgan fingerprint density at radius 2 is 1.32 bits per heavy atom. The third kappa shape index (κ3) is 8.62. The van der Waals surface area contributed by atoms with Gasteiger partial charge in [-0.05, 0) is 48.1 Å². The van der Waals surface area contributed by atoms with E-state index in [2.05, 4.69) is 22.0 Å². The van der Waals surface area contributed by atoms with Gasteiger partial charge in [0.2, 0.25) is 5.91 Å². The van der Waals surface area contributed by atoms with E-state index < -0.39 is 0 Å². The lowest BCUT2D eigenvalue weighted by Gasteiger charge is -2.16. The molecule has 0 saturated carbocycles. The lowest BCUT2D eigenvalue weighted by Crippen LogP contribution is -2.34. The largest absolute Gasteiger partial charge is 0.352 e. The normalized spacial score (nSPS) is 14.7. The zero-order valence-corrected chi connectivity index (χ0v) is 18.3. The molecule has 0 heterocycles. The maximum absolute atomic E-state index is 12.9. The molecule has 0 fully saturated rings. The van der Waals surface area contributed by atoms with Crippen molar-refractivity contribution in [2.75, 3.05) is 0 Å². The zero-order valence-electron chi connectivity index (χ0n) is 18.3. The number of hydrogen-bond donors (Lipinski definition) is 3. The summed E-state index contributed by atoms with van der Waals surface area (Å²) < 4.78 is 12.9. The molecule has 0 radical (unpaired) electrons. The number of allylic oxidation sites excluding steroid dienone is 1. The van der Waals surface area contributed by atoms with Gasteiger partial charge in [-0.1, -0.05) is 62.4 Å². The highest BCUT2D eigenvalue weighted by Crippen LogP contribution is 2.17. The first kappa shape index (κ1) is 24.1. The minimum Gasteiger partial charge on any atom is -0.352 e. The standard InChI is InChI=1S/C23H26FN3O2.C2H6/c24-21-12-10-19(11-13-21)16-27-23(29)26-15-18-8-6-17(7-9-18)14-25-22(28)20-4-2-1-3-5-20;1-2/h2,4,6-13,20H,1,3,5,14-16H2,(H,25,28)(H2,26,27,29);1-2H3/t20-;/m0./s1. The summed E-state index contributed by atoms with van der Waals surface area (Å²) in [7, 11) is 0. The number of urea groups is 1. The second-order valence-electron chi connectivity index (χ2n) is 7.16. The van der Waals surface area contributed by atoms with E-state index in [1.165, 1.54) is 12.1 Å². The molecular weight excluding hydrogens is 393 g/mol. The molecule has 1 aliphatic rings.